The molecule has 0 spiro atoms. The highest BCUT2D eigenvalue weighted by molar-refractivity contribution is 7.22. The number of carbonyl (C=O) groups is 1. The fourth-order valence-corrected chi connectivity index (χ4v) is 2.99. The van der Waals surface area contributed by atoms with E-state index in [4.69, 9.17) is 0 Å². The van der Waals surface area contributed by atoms with Crippen molar-refractivity contribution in [3.63, 3.8) is 0 Å². The Morgan fingerprint density at radius 3 is 2.56 bits per heavy atom. The number of azo groups is 1. The van der Waals surface area contributed by atoms with Gasteiger partial charge in [0.1, 0.15) is 0 Å². The van der Waals surface area contributed by atoms with Crippen LogP contribution >= 0.6 is 11.3 Å². The number of hydrazone groups is 1. The number of nitrogens with one attached hydrogen (secondary N) is 1. The van der Waals surface area contributed by atoms with Gasteiger partial charge in [0.2, 0.25) is 5.13 Å². The number of thiazole rings is 1. The molecule has 0 amide bonds. The van der Waals surface area contributed by atoms with Crippen LogP contribution in [0, 0.1) is 5.92 Å². The number of anilines is 1. The molecule has 1 heterocycles. The molecular formula is C19H19N5O2S. The summed E-state index contributed by atoms with van der Waals surface area (Å²) in [4.78, 5) is 15.9. The molecule has 7 nitrogen and oxygen atoms in total. The van der Waals surface area contributed by atoms with Crippen molar-refractivity contribution < 1.29 is 9.53 Å². The molecule has 1 N–H and O–H groups in total. The van der Waals surface area contributed by atoms with Gasteiger partial charge >= 0.3 is 5.97 Å². The minimum atomic E-state index is -0.386. The third-order valence-corrected chi connectivity index (χ3v) is 4.57. The Labute approximate surface area is 160 Å². The summed E-state index contributed by atoms with van der Waals surface area (Å²) in [5.41, 5.74) is 4.98. The van der Waals surface area contributed by atoms with Crippen LogP contribution in [0.5, 0.6) is 0 Å². The van der Waals surface area contributed by atoms with Crippen LogP contribution in [0.15, 0.2) is 63.9 Å². The second-order valence-corrected chi connectivity index (χ2v) is 6.99. The number of para-hydroxylation sites is 1. The summed E-state index contributed by atoms with van der Waals surface area (Å²) >= 11 is 1.53. The zero-order chi connectivity index (χ0) is 19.2. The SMILES string of the molecule is COC(=O)c1ccc(/N=N/C(=N\Nc2nc3ccccc3s2)C(C)C)cc1. The van der Waals surface area contributed by atoms with E-state index in [1.165, 1.54) is 18.4 Å². The summed E-state index contributed by atoms with van der Waals surface area (Å²) in [5, 5.41) is 13.5. The third-order valence-electron chi connectivity index (χ3n) is 3.63. The Hall–Kier alpha value is -3.13. The quantitative estimate of drug-likeness (QED) is 0.215. The lowest BCUT2D eigenvalue weighted by Gasteiger charge is -2.03. The number of benzene rings is 2. The van der Waals surface area contributed by atoms with Crippen molar-refractivity contribution in [1.29, 1.82) is 0 Å². The van der Waals surface area contributed by atoms with Crippen molar-refractivity contribution in [3.05, 3.63) is 54.1 Å². The third kappa shape index (κ3) is 4.73. The van der Waals surface area contributed by atoms with E-state index in [0.717, 1.165) is 10.2 Å². The summed E-state index contributed by atoms with van der Waals surface area (Å²) in [6.07, 6.45) is 0. The Bertz CT molecular complexity index is 960. The number of aromatic nitrogens is 1. The van der Waals surface area contributed by atoms with Crippen LogP contribution in [0.2, 0.25) is 0 Å². The first kappa shape index (κ1) is 18.7. The average molecular weight is 381 g/mol. The number of methoxy groups -OCH3 is 1. The number of nitrogens with zero attached hydrogens (tertiary/aromatic N) is 4. The normalized spacial score (nSPS) is 12.1. The van der Waals surface area contributed by atoms with Crippen molar-refractivity contribution >= 4 is 44.2 Å². The molecule has 1 aromatic heterocycles. The van der Waals surface area contributed by atoms with E-state index >= 15 is 0 Å². The summed E-state index contributed by atoms with van der Waals surface area (Å²) in [6, 6.07) is 14.6. The van der Waals surface area contributed by atoms with E-state index in [1.807, 2.05) is 38.1 Å². The van der Waals surface area contributed by atoms with Crippen LogP contribution in [0.4, 0.5) is 10.8 Å². The first-order valence-electron chi connectivity index (χ1n) is 8.36. The van der Waals surface area contributed by atoms with Crippen LogP contribution < -0.4 is 5.43 Å². The Balaban J connectivity index is 1.73. The van der Waals surface area contributed by atoms with E-state index in [1.54, 1.807) is 24.3 Å². The smallest absolute Gasteiger partial charge is 0.337 e. The Morgan fingerprint density at radius 1 is 1.15 bits per heavy atom. The number of amidine groups is 1. The predicted molar refractivity (Wildman–Crippen MR) is 108 cm³/mol. The fourth-order valence-electron chi connectivity index (χ4n) is 2.18. The molecule has 0 aliphatic rings. The molecule has 0 atom stereocenters. The van der Waals surface area contributed by atoms with Gasteiger partial charge in [-0.2, -0.15) is 5.10 Å². The zero-order valence-corrected chi connectivity index (χ0v) is 16.0. The van der Waals surface area contributed by atoms with E-state index < -0.39 is 0 Å². The maximum absolute atomic E-state index is 11.5. The van der Waals surface area contributed by atoms with Crippen molar-refractivity contribution in [1.82, 2.24) is 4.98 Å². The van der Waals surface area contributed by atoms with Gasteiger partial charge in [-0.25, -0.2) is 9.78 Å². The zero-order valence-electron chi connectivity index (χ0n) is 15.2. The van der Waals surface area contributed by atoms with Crippen molar-refractivity contribution in [2.45, 2.75) is 13.8 Å². The lowest BCUT2D eigenvalue weighted by Crippen LogP contribution is -2.06. The number of carbonyl (C=O) groups excluding carboxylic acids is 1. The lowest BCUT2D eigenvalue weighted by molar-refractivity contribution is 0.0601. The molecule has 0 radical (unpaired) electrons. The van der Waals surface area contributed by atoms with Crippen LogP contribution in [0.3, 0.4) is 0 Å². The van der Waals surface area contributed by atoms with Crippen LogP contribution in [0.1, 0.15) is 24.2 Å². The summed E-state index contributed by atoms with van der Waals surface area (Å²) in [6.45, 7) is 3.97. The molecule has 0 saturated carbocycles. The van der Waals surface area contributed by atoms with Gasteiger partial charge in [-0.1, -0.05) is 37.3 Å². The fraction of sp³-hybridized carbons (Fsp3) is 0.211. The highest BCUT2D eigenvalue weighted by atomic mass is 32.1. The molecule has 0 fully saturated rings. The van der Waals surface area contributed by atoms with Crippen molar-refractivity contribution in [3.8, 4) is 0 Å². The minimum Gasteiger partial charge on any atom is -0.465 e. The van der Waals surface area contributed by atoms with Gasteiger partial charge < -0.3 is 4.74 Å². The first-order valence-corrected chi connectivity index (χ1v) is 9.17. The molecule has 0 saturated heterocycles. The Kier molecular flexibility index (Phi) is 5.87. The van der Waals surface area contributed by atoms with Crippen molar-refractivity contribution in [2.75, 3.05) is 12.5 Å². The highest BCUT2D eigenvalue weighted by Gasteiger charge is 2.07. The molecule has 3 aromatic rings. The van der Waals surface area contributed by atoms with E-state index in [9.17, 15) is 4.79 Å². The predicted octanol–water partition coefficient (Wildman–Crippen LogP) is 5.25. The molecule has 3 rings (SSSR count). The molecule has 0 bridgehead atoms. The Morgan fingerprint density at radius 2 is 1.89 bits per heavy atom. The monoisotopic (exact) mass is 381 g/mol. The topological polar surface area (TPSA) is 88.3 Å². The number of rotatable bonds is 5. The van der Waals surface area contributed by atoms with Gasteiger partial charge in [0.25, 0.3) is 0 Å². The number of hydrogen-bond donors (Lipinski definition) is 1. The second-order valence-electron chi connectivity index (χ2n) is 5.96. The average Bonchev–Trinajstić information content (AvgIpc) is 3.10. The van der Waals surface area contributed by atoms with Gasteiger partial charge in [0, 0.05) is 5.92 Å². The van der Waals surface area contributed by atoms with Crippen LogP contribution in [-0.2, 0) is 4.74 Å². The van der Waals surface area contributed by atoms with Crippen LogP contribution in [-0.4, -0.2) is 23.9 Å². The highest BCUT2D eigenvalue weighted by Crippen LogP contribution is 2.25. The molecular weight excluding hydrogens is 362 g/mol. The van der Waals surface area contributed by atoms with E-state index in [0.29, 0.717) is 22.2 Å². The van der Waals surface area contributed by atoms with E-state index in [2.05, 4.69) is 30.5 Å². The molecule has 2 aromatic carbocycles. The second kappa shape index (κ2) is 8.50. The molecule has 0 aliphatic carbocycles. The molecule has 0 unspecified atom stereocenters. The number of hydrogen-bond acceptors (Lipinski definition) is 7. The molecule has 0 aliphatic heterocycles. The summed E-state index contributed by atoms with van der Waals surface area (Å²) in [7, 11) is 1.35. The molecule has 138 valence electrons. The molecule has 8 heteroatoms. The number of ether oxygens (including phenoxy) is 1. The standard InChI is InChI=1S/C19H19N5O2S/c1-12(2)17(22-21-14-10-8-13(9-11-14)18(25)26-3)23-24-19-20-15-6-4-5-7-16(15)27-19/h4-12H,1-3H3,(H,20,24)/b22-21+,23-17-. The lowest BCUT2D eigenvalue weighted by atomic mass is 10.2. The van der Waals surface area contributed by atoms with Gasteiger partial charge in [0.05, 0.1) is 28.6 Å². The molecule has 27 heavy (non-hydrogen) atoms. The number of esters is 1. The minimum absolute atomic E-state index is 0.0740. The largest absolute Gasteiger partial charge is 0.465 e. The van der Waals surface area contributed by atoms with Gasteiger partial charge in [0.15, 0.2) is 5.84 Å². The summed E-state index contributed by atoms with van der Waals surface area (Å²) in [5.74, 6) is 0.235. The number of fused-ring (bicyclic) bond motifs is 1. The van der Waals surface area contributed by atoms with Crippen LogP contribution in [0.25, 0.3) is 10.2 Å². The van der Waals surface area contributed by atoms with Crippen molar-refractivity contribution in [2.24, 2.45) is 21.2 Å². The maximum atomic E-state index is 11.5. The van der Waals surface area contributed by atoms with Gasteiger partial charge in [-0.3, -0.25) is 5.43 Å². The first-order chi connectivity index (χ1) is 13.1. The van der Waals surface area contributed by atoms with E-state index in [-0.39, 0.29) is 11.9 Å². The van der Waals surface area contributed by atoms with Gasteiger partial charge in [-0.05, 0) is 36.4 Å². The maximum Gasteiger partial charge on any atom is 0.337 e. The summed E-state index contributed by atoms with van der Waals surface area (Å²) < 4.78 is 5.77. The van der Waals surface area contributed by atoms with Gasteiger partial charge in [-0.15, -0.1) is 10.2 Å².